The van der Waals surface area contributed by atoms with E-state index in [1.165, 1.54) is 12.1 Å². The quantitative estimate of drug-likeness (QED) is 0.582. The third-order valence-electron chi connectivity index (χ3n) is 4.80. The molecule has 2 aromatic carbocycles. The Morgan fingerprint density at radius 2 is 1.72 bits per heavy atom. The van der Waals surface area contributed by atoms with Crippen molar-refractivity contribution < 1.29 is 27.9 Å². The van der Waals surface area contributed by atoms with E-state index in [1.54, 1.807) is 30.3 Å². The Bertz CT molecular complexity index is 1090. The first-order valence-electron chi connectivity index (χ1n) is 8.68. The minimum absolute atomic E-state index is 0.0339. The standard InChI is InChI=1S/C21H14F3NO3S/c22-21(23,24)13-8-6-11(7-9-13)14-10-15(26)25-17-16(12-4-2-1-3-5-12)19(20(27)28)29-18(14)17/h1-9,14H,10H2,(H,25,26)(H,27,28)/t14-/m0/s1. The predicted molar refractivity (Wildman–Crippen MR) is 103 cm³/mol. The first kappa shape index (κ1) is 19.2. The van der Waals surface area contributed by atoms with Crippen LogP contribution in [0.4, 0.5) is 18.9 Å². The van der Waals surface area contributed by atoms with Crippen molar-refractivity contribution in [3.8, 4) is 11.1 Å². The molecular formula is C21H14F3NO3S. The molecule has 29 heavy (non-hydrogen) atoms. The number of carbonyl (C=O) groups is 2. The number of carboxylic acid groups (broad SMARTS) is 1. The maximum absolute atomic E-state index is 12.9. The largest absolute Gasteiger partial charge is 0.477 e. The molecule has 0 spiro atoms. The SMILES string of the molecule is O=C1C[C@@H](c2ccc(C(F)(F)F)cc2)c2sc(C(=O)O)c(-c3ccccc3)c2N1. The molecule has 1 atom stereocenters. The highest BCUT2D eigenvalue weighted by molar-refractivity contribution is 7.15. The van der Waals surface area contributed by atoms with Gasteiger partial charge in [0.25, 0.3) is 0 Å². The van der Waals surface area contributed by atoms with Gasteiger partial charge in [-0.15, -0.1) is 11.3 Å². The van der Waals surface area contributed by atoms with Gasteiger partial charge in [0.1, 0.15) is 4.88 Å². The van der Waals surface area contributed by atoms with E-state index in [-0.39, 0.29) is 17.2 Å². The number of anilines is 1. The Morgan fingerprint density at radius 1 is 1.07 bits per heavy atom. The summed E-state index contributed by atoms with van der Waals surface area (Å²) in [6, 6.07) is 13.5. The van der Waals surface area contributed by atoms with Crippen molar-refractivity contribution in [1.29, 1.82) is 0 Å². The van der Waals surface area contributed by atoms with E-state index >= 15 is 0 Å². The van der Waals surface area contributed by atoms with Gasteiger partial charge in [-0.2, -0.15) is 13.2 Å². The van der Waals surface area contributed by atoms with E-state index in [4.69, 9.17) is 0 Å². The number of rotatable bonds is 3. The number of carbonyl (C=O) groups excluding carboxylic acids is 1. The van der Waals surface area contributed by atoms with Crippen LogP contribution < -0.4 is 5.32 Å². The van der Waals surface area contributed by atoms with E-state index in [2.05, 4.69) is 5.32 Å². The number of fused-ring (bicyclic) bond motifs is 1. The number of benzene rings is 2. The highest BCUT2D eigenvalue weighted by atomic mass is 32.1. The summed E-state index contributed by atoms with van der Waals surface area (Å²) in [6.45, 7) is 0. The lowest BCUT2D eigenvalue weighted by atomic mass is 9.88. The molecule has 0 saturated heterocycles. The predicted octanol–water partition coefficient (Wildman–Crippen LogP) is 5.61. The molecule has 2 heterocycles. The second kappa shape index (κ2) is 7.04. The summed E-state index contributed by atoms with van der Waals surface area (Å²) in [5.41, 5.74) is 1.24. The molecule has 0 radical (unpaired) electrons. The highest BCUT2D eigenvalue weighted by Gasteiger charge is 2.35. The number of aromatic carboxylic acids is 1. The topological polar surface area (TPSA) is 66.4 Å². The lowest BCUT2D eigenvalue weighted by Crippen LogP contribution is -2.22. The summed E-state index contributed by atoms with van der Waals surface area (Å²) in [4.78, 5) is 24.9. The number of nitrogens with one attached hydrogen (secondary N) is 1. The summed E-state index contributed by atoms with van der Waals surface area (Å²) < 4.78 is 38.6. The Morgan fingerprint density at radius 3 is 2.31 bits per heavy atom. The van der Waals surface area contributed by atoms with E-state index in [1.807, 2.05) is 0 Å². The molecule has 0 bridgehead atoms. The minimum atomic E-state index is -4.45. The van der Waals surface area contributed by atoms with Crippen molar-refractivity contribution in [3.63, 3.8) is 0 Å². The number of carboxylic acids is 1. The Balaban J connectivity index is 1.86. The van der Waals surface area contributed by atoms with Crippen LogP contribution in [-0.2, 0) is 11.0 Å². The van der Waals surface area contributed by atoms with Crippen molar-refractivity contribution in [2.75, 3.05) is 5.32 Å². The molecule has 0 fully saturated rings. The van der Waals surface area contributed by atoms with Crippen LogP contribution in [0.25, 0.3) is 11.1 Å². The number of hydrogen-bond acceptors (Lipinski definition) is 3. The Kier molecular flexibility index (Phi) is 4.66. The fourth-order valence-corrected chi connectivity index (χ4v) is 4.74. The number of halogens is 3. The molecular weight excluding hydrogens is 403 g/mol. The van der Waals surface area contributed by atoms with Crippen LogP contribution in [0.15, 0.2) is 54.6 Å². The molecule has 0 aliphatic carbocycles. The number of amides is 1. The average Bonchev–Trinajstić information content (AvgIpc) is 3.07. The molecule has 1 aliphatic rings. The molecule has 1 aliphatic heterocycles. The molecule has 148 valence electrons. The van der Waals surface area contributed by atoms with E-state index in [9.17, 15) is 27.9 Å². The third kappa shape index (κ3) is 3.51. The number of thiophene rings is 1. The van der Waals surface area contributed by atoms with Gasteiger partial charge in [0.2, 0.25) is 5.91 Å². The minimum Gasteiger partial charge on any atom is -0.477 e. The van der Waals surface area contributed by atoms with Crippen LogP contribution in [0.3, 0.4) is 0 Å². The third-order valence-corrected chi connectivity index (χ3v) is 6.09. The van der Waals surface area contributed by atoms with Gasteiger partial charge in [0.05, 0.1) is 11.3 Å². The fraction of sp³-hybridized carbons (Fsp3) is 0.143. The molecule has 4 nitrogen and oxygen atoms in total. The molecule has 0 saturated carbocycles. The molecule has 1 amide bonds. The van der Waals surface area contributed by atoms with Crippen molar-refractivity contribution >= 4 is 28.9 Å². The summed E-state index contributed by atoms with van der Waals surface area (Å²) in [7, 11) is 0. The van der Waals surface area contributed by atoms with Crippen LogP contribution in [0.1, 0.15) is 38.0 Å². The van der Waals surface area contributed by atoms with Crippen LogP contribution in [0, 0.1) is 0 Å². The maximum atomic E-state index is 12.9. The first-order valence-corrected chi connectivity index (χ1v) is 9.49. The molecule has 8 heteroatoms. The second-order valence-corrected chi connectivity index (χ2v) is 7.69. The normalized spacial score (nSPS) is 16.2. The lowest BCUT2D eigenvalue weighted by molar-refractivity contribution is -0.137. The van der Waals surface area contributed by atoms with Crippen molar-refractivity contribution in [3.05, 3.63) is 75.5 Å². The van der Waals surface area contributed by atoms with Gasteiger partial charge >= 0.3 is 12.1 Å². The second-order valence-electron chi connectivity index (χ2n) is 6.64. The molecule has 2 N–H and O–H groups in total. The monoisotopic (exact) mass is 417 g/mol. The smallest absolute Gasteiger partial charge is 0.416 e. The molecule has 1 aromatic heterocycles. The van der Waals surface area contributed by atoms with Gasteiger partial charge < -0.3 is 10.4 Å². The Hall–Kier alpha value is -3.13. The summed E-state index contributed by atoms with van der Waals surface area (Å²) in [5.74, 6) is -1.94. The molecule has 4 rings (SSSR count). The van der Waals surface area contributed by atoms with Crippen molar-refractivity contribution in [2.24, 2.45) is 0 Å². The van der Waals surface area contributed by atoms with Gasteiger partial charge in [-0.25, -0.2) is 4.79 Å². The van der Waals surface area contributed by atoms with E-state index in [0.717, 1.165) is 23.5 Å². The van der Waals surface area contributed by atoms with Gasteiger partial charge in [-0.1, -0.05) is 42.5 Å². The summed E-state index contributed by atoms with van der Waals surface area (Å²) in [6.07, 6.45) is -4.42. The lowest BCUT2D eigenvalue weighted by Gasteiger charge is -2.24. The van der Waals surface area contributed by atoms with E-state index < -0.39 is 23.6 Å². The van der Waals surface area contributed by atoms with Gasteiger partial charge in [-0.05, 0) is 23.3 Å². The van der Waals surface area contributed by atoms with Crippen LogP contribution in [-0.4, -0.2) is 17.0 Å². The summed E-state index contributed by atoms with van der Waals surface area (Å²) >= 11 is 1.04. The molecule has 0 unspecified atom stereocenters. The average molecular weight is 417 g/mol. The fourth-order valence-electron chi connectivity index (χ4n) is 3.49. The maximum Gasteiger partial charge on any atom is 0.416 e. The van der Waals surface area contributed by atoms with E-state index in [0.29, 0.717) is 27.3 Å². The first-order chi connectivity index (χ1) is 13.8. The number of alkyl halides is 3. The van der Waals surface area contributed by atoms with Crippen LogP contribution in [0.5, 0.6) is 0 Å². The summed E-state index contributed by atoms with van der Waals surface area (Å²) in [5, 5.41) is 12.5. The van der Waals surface area contributed by atoms with Crippen molar-refractivity contribution in [1.82, 2.24) is 0 Å². The van der Waals surface area contributed by atoms with Gasteiger partial charge in [-0.3, -0.25) is 4.79 Å². The number of hydrogen-bond donors (Lipinski definition) is 2. The van der Waals surface area contributed by atoms with Crippen molar-refractivity contribution in [2.45, 2.75) is 18.5 Å². The Labute approximate surface area is 167 Å². The highest BCUT2D eigenvalue weighted by Crippen LogP contribution is 2.49. The van der Waals surface area contributed by atoms with Gasteiger partial charge in [0, 0.05) is 22.8 Å². The van der Waals surface area contributed by atoms with Gasteiger partial charge in [0.15, 0.2) is 0 Å². The zero-order valence-corrected chi connectivity index (χ0v) is 15.6. The van der Waals surface area contributed by atoms with Crippen LogP contribution >= 0.6 is 11.3 Å². The zero-order chi connectivity index (χ0) is 20.8. The molecule has 3 aromatic rings. The zero-order valence-electron chi connectivity index (χ0n) is 14.8. The van der Waals surface area contributed by atoms with Crippen LogP contribution in [0.2, 0.25) is 0 Å².